The maximum atomic E-state index is 13.3. The van der Waals surface area contributed by atoms with Crippen molar-refractivity contribution in [2.45, 2.75) is 51.0 Å². The van der Waals surface area contributed by atoms with Crippen molar-refractivity contribution in [2.24, 2.45) is 17.8 Å². The first-order valence-electron chi connectivity index (χ1n) is 12.6. The number of allylic oxidation sites excluding steroid dienone is 2. The Morgan fingerprint density at radius 1 is 1.14 bits per heavy atom. The first-order chi connectivity index (χ1) is 16.6. The number of halogens is 3. The summed E-state index contributed by atoms with van der Waals surface area (Å²) < 4.78 is 45.1. The maximum Gasteiger partial charge on any atom is 0.419 e. The van der Waals surface area contributed by atoms with Crippen molar-refractivity contribution in [3.63, 3.8) is 0 Å². The number of nitrogens with two attached hydrogens (primary N) is 1. The largest absolute Gasteiger partial charge is 0.419 e. The van der Waals surface area contributed by atoms with Gasteiger partial charge in [-0.1, -0.05) is 0 Å². The van der Waals surface area contributed by atoms with Gasteiger partial charge >= 0.3 is 6.18 Å². The normalized spacial score (nSPS) is 30.3. The lowest BCUT2D eigenvalue weighted by Gasteiger charge is -2.44. The molecule has 7 nitrogen and oxygen atoms in total. The van der Waals surface area contributed by atoms with Crippen LogP contribution in [0.2, 0.25) is 0 Å². The van der Waals surface area contributed by atoms with Crippen LogP contribution in [0.25, 0.3) is 0 Å². The zero-order chi connectivity index (χ0) is 24.9. The highest BCUT2D eigenvalue weighted by atomic mass is 19.4. The highest BCUT2D eigenvalue weighted by molar-refractivity contribution is 6.07. The van der Waals surface area contributed by atoms with E-state index in [1.165, 1.54) is 6.20 Å². The maximum absolute atomic E-state index is 13.3. The number of alkyl halides is 3. The van der Waals surface area contributed by atoms with Crippen LogP contribution in [0.15, 0.2) is 24.0 Å². The lowest BCUT2D eigenvalue weighted by molar-refractivity contribution is -0.137. The number of nitrogen functional groups attached to an aromatic ring is 1. The van der Waals surface area contributed by atoms with E-state index in [2.05, 4.69) is 20.1 Å². The molecule has 0 radical (unpaired) electrons. The van der Waals surface area contributed by atoms with Crippen LogP contribution >= 0.6 is 0 Å². The lowest BCUT2D eigenvalue weighted by atomic mass is 10.00. The summed E-state index contributed by atoms with van der Waals surface area (Å²) in [6.07, 6.45) is 0.637. The molecule has 4 atom stereocenters. The summed E-state index contributed by atoms with van der Waals surface area (Å²) in [6, 6.07) is 2.31. The molecule has 2 saturated heterocycles. The number of nitrogens with zero attached hydrogens (tertiary/aromatic N) is 3. The van der Waals surface area contributed by atoms with E-state index in [0.717, 1.165) is 64.0 Å². The summed E-state index contributed by atoms with van der Waals surface area (Å²) in [5.41, 5.74) is 5.52. The molecule has 0 bridgehead atoms. The summed E-state index contributed by atoms with van der Waals surface area (Å²) >= 11 is 0. The number of hydrogen-bond donors (Lipinski definition) is 3. The number of ether oxygens (including phenoxy) is 1. The van der Waals surface area contributed by atoms with E-state index in [1.807, 2.05) is 13.8 Å². The van der Waals surface area contributed by atoms with Gasteiger partial charge in [-0.25, -0.2) is 4.98 Å². The third-order valence-corrected chi connectivity index (χ3v) is 8.07. The summed E-state index contributed by atoms with van der Waals surface area (Å²) in [6.45, 7) is 10.2. The van der Waals surface area contributed by atoms with Gasteiger partial charge in [0, 0.05) is 61.6 Å². The van der Waals surface area contributed by atoms with Crippen LogP contribution in [0.5, 0.6) is 0 Å². The molecule has 4 aliphatic rings. The van der Waals surface area contributed by atoms with E-state index < -0.39 is 17.6 Å². The number of nitrogens with one attached hydrogen (secondary N) is 2. The third kappa shape index (κ3) is 5.06. The highest BCUT2D eigenvalue weighted by Crippen LogP contribution is 2.61. The van der Waals surface area contributed by atoms with Crippen LogP contribution in [0, 0.1) is 23.2 Å². The Morgan fingerprint density at radius 2 is 1.74 bits per heavy atom. The molecule has 4 fully saturated rings. The first kappa shape index (κ1) is 24.5. The Labute approximate surface area is 204 Å². The second-order valence-corrected chi connectivity index (χ2v) is 10.7. The van der Waals surface area contributed by atoms with Gasteiger partial charge < -0.3 is 21.2 Å². The van der Waals surface area contributed by atoms with Gasteiger partial charge in [-0.3, -0.25) is 9.80 Å². The molecule has 0 aromatic carbocycles. The van der Waals surface area contributed by atoms with Crippen molar-refractivity contribution in [2.75, 3.05) is 45.1 Å². The van der Waals surface area contributed by atoms with Gasteiger partial charge in [0.05, 0.1) is 30.5 Å². The van der Waals surface area contributed by atoms with Gasteiger partial charge in [-0.15, -0.1) is 0 Å². The third-order valence-electron chi connectivity index (χ3n) is 8.07. The van der Waals surface area contributed by atoms with Gasteiger partial charge in [-0.2, -0.15) is 13.2 Å². The van der Waals surface area contributed by atoms with Crippen LogP contribution in [0.4, 0.5) is 19.0 Å². The van der Waals surface area contributed by atoms with Crippen LogP contribution in [-0.4, -0.2) is 78.0 Å². The smallest absolute Gasteiger partial charge is 0.386 e. The van der Waals surface area contributed by atoms with E-state index in [-0.39, 0.29) is 17.3 Å². The zero-order valence-electron chi connectivity index (χ0n) is 20.3. The molecule has 1 aromatic heterocycles. The van der Waals surface area contributed by atoms with E-state index in [9.17, 15) is 13.2 Å². The van der Waals surface area contributed by atoms with Gasteiger partial charge in [0.25, 0.3) is 0 Å². The number of pyridine rings is 1. The molecule has 0 spiro atoms. The second-order valence-electron chi connectivity index (χ2n) is 10.7. The molecule has 5 rings (SSSR count). The fourth-order valence-electron chi connectivity index (χ4n) is 6.13. The molecular formula is C25H35F3N6O. The monoisotopic (exact) mass is 492 g/mol. The summed E-state index contributed by atoms with van der Waals surface area (Å²) in [5, 5.41) is 12.0. The Bertz CT molecular complexity index is 972. The van der Waals surface area contributed by atoms with Crippen LogP contribution < -0.4 is 11.1 Å². The second kappa shape index (κ2) is 9.37. The van der Waals surface area contributed by atoms with Crippen molar-refractivity contribution < 1.29 is 17.9 Å². The summed E-state index contributed by atoms with van der Waals surface area (Å²) in [7, 11) is 0. The van der Waals surface area contributed by atoms with E-state index in [4.69, 9.17) is 15.9 Å². The Kier molecular flexibility index (Phi) is 6.56. The first-order valence-corrected chi connectivity index (χ1v) is 12.6. The number of piperazine rings is 1. The Hall–Kier alpha value is -2.17. The number of aromatic nitrogens is 1. The van der Waals surface area contributed by atoms with Crippen LogP contribution in [0.1, 0.15) is 37.8 Å². The zero-order valence-corrected chi connectivity index (χ0v) is 20.3. The van der Waals surface area contributed by atoms with Crippen LogP contribution in [0.3, 0.4) is 0 Å². The standard InChI is InChI=1S/C25H35F3N6O/c1-14(2)32-22(10-21(29)15-7-20(25(26,27)28)24(30)31-11-15)23-18-8-16(9-19(18)23)33-3-5-34(6-4-33)17-12-35-13-17/h7,10-11,14,16-19,23,29,32H,3-6,8-9,12-13H2,1-2H3,(H2,30,31)/b22-10-,29-21?/t16-,18+,19-,23-. The molecular weight excluding hydrogens is 457 g/mol. The van der Waals surface area contributed by atoms with Crippen LogP contribution in [-0.2, 0) is 10.9 Å². The van der Waals surface area contributed by atoms with Crippen molar-refractivity contribution in [1.82, 2.24) is 20.1 Å². The van der Waals surface area contributed by atoms with E-state index in [0.29, 0.717) is 29.8 Å². The topological polar surface area (TPSA) is 90.5 Å². The number of rotatable bonds is 7. The molecule has 2 aliphatic carbocycles. The Morgan fingerprint density at radius 3 is 2.26 bits per heavy atom. The number of hydrogen-bond acceptors (Lipinski definition) is 7. The lowest BCUT2D eigenvalue weighted by Crippen LogP contribution is -2.58. The van der Waals surface area contributed by atoms with Crippen molar-refractivity contribution >= 4 is 11.5 Å². The molecule has 2 aliphatic heterocycles. The average molecular weight is 493 g/mol. The molecule has 35 heavy (non-hydrogen) atoms. The molecule has 2 saturated carbocycles. The van der Waals surface area contributed by atoms with Crippen molar-refractivity contribution in [3.8, 4) is 0 Å². The molecule has 3 heterocycles. The summed E-state index contributed by atoms with van der Waals surface area (Å²) in [4.78, 5) is 8.88. The minimum absolute atomic E-state index is 0.0174. The molecule has 0 unspecified atom stereocenters. The minimum Gasteiger partial charge on any atom is -0.386 e. The SMILES string of the molecule is CC(C)N/C(=C\C(=N)c1cnc(N)c(C(F)(F)F)c1)[C@H]1[C@@H]2C[C@H](N3CCN(C4COC4)CC3)C[C@@H]21. The van der Waals surface area contributed by atoms with E-state index >= 15 is 0 Å². The fraction of sp³-hybridized carbons (Fsp3) is 0.680. The molecule has 1 aromatic rings. The average Bonchev–Trinajstić information content (AvgIpc) is 3.24. The van der Waals surface area contributed by atoms with Gasteiger partial charge in [0.2, 0.25) is 0 Å². The molecule has 10 heteroatoms. The Balaban J connectivity index is 1.23. The van der Waals surface area contributed by atoms with Gasteiger partial charge in [0.1, 0.15) is 5.82 Å². The molecule has 192 valence electrons. The molecule has 4 N–H and O–H groups in total. The van der Waals surface area contributed by atoms with E-state index in [1.54, 1.807) is 6.08 Å². The quantitative estimate of drug-likeness (QED) is 0.507. The van der Waals surface area contributed by atoms with Crippen molar-refractivity contribution in [3.05, 3.63) is 35.2 Å². The predicted molar refractivity (Wildman–Crippen MR) is 128 cm³/mol. The number of fused-ring (bicyclic) bond motifs is 1. The van der Waals surface area contributed by atoms with Gasteiger partial charge in [0.15, 0.2) is 0 Å². The number of anilines is 1. The van der Waals surface area contributed by atoms with Gasteiger partial charge in [-0.05, 0) is 50.7 Å². The highest BCUT2D eigenvalue weighted by Gasteiger charge is 2.58. The van der Waals surface area contributed by atoms with Crippen molar-refractivity contribution in [1.29, 1.82) is 5.41 Å². The summed E-state index contributed by atoms with van der Waals surface area (Å²) in [5.74, 6) is 0.909. The minimum atomic E-state index is -4.60. The fourth-order valence-corrected chi connectivity index (χ4v) is 6.13. The predicted octanol–water partition coefficient (Wildman–Crippen LogP) is 2.97. The molecule has 0 amide bonds.